The summed E-state index contributed by atoms with van der Waals surface area (Å²) >= 11 is 0. The molecule has 0 radical (unpaired) electrons. The molecule has 1 amide bonds. The van der Waals surface area contributed by atoms with E-state index in [0.29, 0.717) is 32.2 Å². The Balaban J connectivity index is 1.71. The molecule has 27 heavy (non-hydrogen) atoms. The summed E-state index contributed by atoms with van der Waals surface area (Å²) in [5.41, 5.74) is 1.22. The summed E-state index contributed by atoms with van der Waals surface area (Å²) < 4.78 is 5.72. The molecule has 1 fully saturated rings. The van der Waals surface area contributed by atoms with Crippen molar-refractivity contribution in [3.05, 3.63) is 29.8 Å². The number of ether oxygens (including phenoxy) is 1. The number of nitrogens with one attached hydrogen (secondary N) is 2. The highest BCUT2D eigenvalue weighted by atomic mass is 16.5. The second-order valence-corrected chi connectivity index (χ2v) is 7.03. The molecule has 150 valence electrons. The van der Waals surface area contributed by atoms with Crippen molar-refractivity contribution in [3.63, 3.8) is 0 Å². The van der Waals surface area contributed by atoms with Gasteiger partial charge in [-0.15, -0.1) is 0 Å². The van der Waals surface area contributed by atoms with Gasteiger partial charge >= 0.3 is 0 Å². The lowest BCUT2D eigenvalue weighted by atomic mass is 10.0. The smallest absolute Gasteiger partial charge is 0.224 e. The molecule has 6 nitrogen and oxygen atoms in total. The van der Waals surface area contributed by atoms with E-state index in [-0.39, 0.29) is 5.91 Å². The monoisotopic (exact) mass is 374 g/mol. The third-order valence-corrected chi connectivity index (χ3v) is 4.75. The summed E-state index contributed by atoms with van der Waals surface area (Å²) in [7, 11) is 0. The predicted octanol–water partition coefficient (Wildman–Crippen LogP) is 2.72. The summed E-state index contributed by atoms with van der Waals surface area (Å²) in [5.74, 6) is 1.81. The Morgan fingerprint density at radius 2 is 2.04 bits per heavy atom. The van der Waals surface area contributed by atoms with Gasteiger partial charge in [-0.1, -0.05) is 17.7 Å². The van der Waals surface area contributed by atoms with Gasteiger partial charge in [0.25, 0.3) is 0 Å². The summed E-state index contributed by atoms with van der Waals surface area (Å²) in [6, 6.07) is 8.38. The predicted molar refractivity (Wildman–Crippen MR) is 110 cm³/mol. The van der Waals surface area contributed by atoms with Crippen LogP contribution >= 0.6 is 0 Å². The first-order chi connectivity index (χ1) is 13.1. The molecule has 0 saturated carbocycles. The van der Waals surface area contributed by atoms with E-state index in [2.05, 4.69) is 29.5 Å². The number of aliphatic imine (C=N–C) groups is 1. The van der Waals surface area contributed by atoms with Crippen LogP contribution in [-0.2, 0) is 4.79 Å². The van der Waals surface area contributed by atoms with Gasteiger partial charge in [-0.25, -0.2) is 0 Å². The van der Waals surface area contributed by atoms with Crippen LogP contribution in [0.3, 0.4) is 0 Å². The van der Waals surface area contributed by atoms with E-state index in [9.17, 15) is 4.79 Å². The number of benzene rings is 1. The van der Waals surface area contributed by atoms with Crippen LogP contribution in [0, 0.1) is 6.92 Å². The van der Waals surface area contributed by atoms with Gasteiger partial charge in [-0.3, -0.25) is 9.79 Å². The van der Waals surface area contributed by atoms with Crippen LogP contribution in [-0.4, -0.2) is 55.6 Å². The van der Waals surface area contributed by atoms with Crippen LogP contribution < -0.4 is 15.4 Å². The fourth-order valence-corrected chi connectivity index (χ4v) is 3.19. The molecule has 1 heterocycles. The fourth-order valence-electron chi connectivity index (χ4n) is 3.19. The summed E-state index contributed by atoms with van der Waals surface area (Å²) in [6.45, 7) is 9.59. The molecule has 1 saturated heterocycles. The minimum atomic E-state index is 0.213. The zero-order valence-electron chi connectivity index (χ0n) is 17.0. The molecule has 0 bridgehead atoms. The first-order valence-electron chi connectivity index (χ1n) is 10.1. The third-order valence-electron chi connectivity index (χ3n) is 4.75. The van der Waals surface area contributed by atoms with Gasteiger partial charge in [0.2, 0.25) is 5.91 Å². The molecule has 2 N–H and O–H groups in total. The molecule has 1 aliphatic rings. The number of carbonyl (C=O) groups is 1. The Bertz CT molecular complexity index is 601. The summed E-state index contributed by atoms with van der Waals surface area (Å²) in [4.78, 5) is 18.9. The number of piperidine rings is 1. The normalized spacial score (nSPS) is 17.5. The number of rotatable bonds is 8. The van der Waals surface area contributed by atoms with Crippen molar-refractivity contribution in [2.45, 2.75) is 52.5 Å². The fraction of sp³-hybridized carbons (Fsp3) is 0.619. The Hall–Kier alpha value is -2.24. The van der Waals surface area contributed by atoms with E-state index in [1.807, 2.05) is 36.1 Å². The average Bonchev–Trinajstić information content (AvgIpc) is 2.66. The minimum absolute atomic E-state index is 0.213. The maximum absolute atomic E-state index is 12.4. The molecule has 1 aromatic carbocycles. The Kier molecular flexibility index (Phi) is 8.95. The molecule has 1 atom stereocenters. The molecule has 1 unspecified atom stereocenters. The maximum atomic E-state index is 12.4. The van der Waals surface area contributed by atoms with Gasteiger partial charge < -0.3 is 20.3 Å². The maximum Gasteiger partial charge on any atom is 0.224 e. The number of carbonyl (C=O) groups excluding carboxylic acids is 1. The molecule has 2 rings (SSSR count). The second kappa shape index (κ2) is 11.5. The largest absolute Gasteiger partial charge is 0.492 e. The molecule has 6 heteroatoms. The van der Waals surface area contributed by atoms with Crippen LogP contribution in [0.2, 0.25) is 0 Å². The first-order valence-corrected chi connectivity index (χ1v) is 10.1. The number of guanidine groups is 1. The molecule has 1 aromatic rings. The van der Waals surface area contributed by atoms with E-state index >= 15 is 0 Å². The van der Waals surface area contributed by atoms with Crippen molar-refractivity contribution >= 4 is 11.9 Å². The van der Waals surface area contributed by atoms with Crippen molar-refractivity contribution in [1.29, 1.82) is 0 Å². The zero-order chi connectivity index (χ0) is 19.5. The number of aryl methyl sites for hydroxylation is 1. The summed E-state index contributed by atoms with van der Waals surface area (Å²) in [6.07, 6.45) is 3.91. The van der Waals surface area contributed by atoms with E-state index in [1.54, 1.807) is 0 Å². The van der Waals surface area contributed by atoms with E-state index in [0.717, 1.165) is 37.6 Å². The lowest BCUT2D eigenvalue weighted by Crippen LogP contribution is -2.42. The number of nitrogens with zero attached hydrogens (tertiary/aromatic N) is 2. The Morgan fingerprint density at radius 3 is 2.74 bits per heavy atom. The number of amides is 1. The average molecular weight is 375 g/mol. The minimum Gasteiger partial charge on any atom is -0.492 e. The quantitative estimate of drug-likeness (QED) is 0.417. The summed E-state index contributed by atoms with van der Waals surface area (Å²) in [5, 5.41) is 6.46. The van der Waals surface area contributed by atoms with Gasteiger partial charge in [-0.05, 0) is 52.2 Å². The van der Waals surface area contributed by atoms with Crippen molar-refractivity contribution in [2.75, 3.05) is 32.8 Å². The molecule has 0 spiro atoms. The first kappa shape index (κ1) is 21.1. The van der Waals surface area contributed by atoms with Crippen molar-refractivity contribution in [1.82, 2.24) is 15.5 Å². The number of hydrogen-bond donors (Lipinski definition) is 2. The highest BCUT2D eigenvalue weighted by molar-refractivity contribution is 5.81. The van der Waals surface area contributed by atoms with Crippen LogP contribution in [0.15, 0.2) is 29.3 Å². The molecular weight excluding hydrogens is 340 g/mol. The molecule has 0 aromatic heterocycles. The van der Waals surface area contributed by atoms with Gasteiger partial charge in [0.05, 0.1) is 13.1 Å². The standard InChI is InChI=1S/C21H34N4O2/c1-4-22-21(24-14-16-27-19-10-8-17(2)9-11-19)23-13-12-20(26)25-15-6-5-7-18(25)3/h8-11,18H,4-7,12-16H2,1-3H3,(H2,22,23,24). The van der Waals surface area contributed by atoms with Gasteiger partial charge in [-0.2, -0.15) is 0 Å². The molecular formula is C21H34N4O2. The van der Waals surface area contributed by atoms with E-state index < -0.39 is 0 Å². The zero-order valence-corrected chi connectivity index (χ0v) is 17.0. The van der Waals surface area contributed by atoms with Crippen LogP contribution in [0.5, 0.6) is 5.75 Å². The second-order valence-electron chi connectivity index (χ2n) is 7.03. The molecule has 1 aliphatic heterocycles. The lowest BCUT2D eigenvalue weighted by Gasteiger charge is -2.33. The number of likely N-dealkylation sites (tertiary alicyclic amines) is 1. The highest BCUT2D eigenvalue weighted by Crippen LogP contribution is 2.17. The Labute approximate surface area is 163 Å². The Morgan fingerprint density at radius 1 is 1.26 bits per heavy atom. The van der Waals surface area contributed by atoms with Crippen molar-refractivity contribution < 1.29 is 9.53 Å². The van der Waals surface area contributed by atoms with Crippen LogP contribution in [0.25, 0.3) is 0 Å². The van der Waals surface area contributed by atoms with Crippen LogP contribution in [0.4, 0.5) is 0 Å². The van der Waals surface area contributed by atoms with Gasteiger partial charge in [0, 0.05) is 25.6 Å². The highest BCUT2D eigenvalue weighted by Gasteiger charge is 2.22. The van der Waals surface area contributed by atoms with Crippen LogP contribution in [0.1, 0.15) is 45.1 Å². The third kappa shape index (κ3) is 7.49. The van der Waals surface area contributed by atoms with E-state index in [4.69, 9.17) is 4.74 Å². The lowest BCUT2D eigenvalue weighted by molar-refractivity contribution is -0.134. The van der Waals surface area contributed by atoms with E-state index in [1.165, 1.54) is 12.0 Å². The molecule has 0 aliphatic carbocycles. The van der Waals surface area contributed by atoms with Gasteiger partial charge in [0.1, 0.15) is 12.4 Å². The topological polar surface area (TPSA) is 66.0 Å². The van der Waals surface area contributed by atoms with Gasteiger partial charge in [0.15, 0.2) is 5.96 Å². The van der Waals surface area contributed by atoms with Crippen molar-refractivity contribution in [2.24, 2.45) is 4.99 Å². The SMILES string of the molecule is CCNC(=NCCC(=O)N1CCCCC1C)NCCOc1ccc(C)cc1. The number of hydrogen-bond acceptors (Lipinski definition) is 3. The van der Waals surface area contributed by atoms with Crippen molar-refractivity contribution in [3.8, 4) is 5.75 Å².